The van der Waals surface area contributed by atoms with E-state index in [2.05, 4.69) is 26.3 Å². The van der Waals surface area contributed by atoms with Crippen molar-refractivity contribution in [3.05, 3.63) is 0 Å². The summed E-state index contributed by atoms with van der Waals surface area (Å²) < 4.78 is 0. The fraction of sp³-hybridized carbons (Fsp3) is 0.786. The summed E-state index contributed by atoms with van der Waals surface area (Å²) in [7, 11) is 1.62. The summed E-state index contributed by atoms with van der Waals surface area (Å²) in [5, 5.41) is 11.5. The van der Waals surface area contributed by atoms with Gasteiger partial charge in [-0.1, -0.05) is 0 Å². The van der Waals surface area contributed by atoms with E-state index in [1.54, 1.807) is 7.05 Å². The molecule has 0 spiro atoms. The molecular weight excluding hydrogens is 397 g/mol. The van der Waals surface area contributed by atoms with Gasteiger partial charge in [-0.05, 0) is 34.6 Å². The van der Waals surface area contributed by atoms with Gasteiger partial charge in [-0.25, -0.2) is 0 Å². The summed E-state index contributed by atoms with van der Waals surface area (Å²) in [6, 6.07) is 0.135. The van der Waals surface area contributed by atoms with Crippen molar-refractivity contribution >= 4 is 41.8 Å². The minimum atomic E-state index is -0.259. The van der Waals surface area contributed by atoms with Crippen molar-refractivity contribution in [1.29, 1.82) is 0 Å². The van der Waals surface area contributed by atoms with Crippen LogP contribution in [0.5, 0.6) is 0 Å². The number of halogens is 1. The molecule has 0 aliphatic rings. The molecule has 7 nitrogen and oxygen atoms in total. The van der Waals surface area contributed by atoms with Gasteiger partial charge in [0.05, 0.1) is 6.54 Å². The molecule has 0 atom stereocenters. The predicted octanol–water partition coefficient (Wildman–Crippen LogP) is 0.599. The van der Waals surface area contributed by atoms with E-state index in [9.17, 15) is 9.59 Å². The van der Waals surface area contributed by atoms with Crippen molar-refractivity contribution in [2.75, 3.05) is 20.1 Å². The van der Waals surface area contributed by atoms with Crippen LogP contribution in [0.1, 0.15) is 41.0 Å². The molecule has 4 N–H and O–H groups in total. The van der Waals surface area contributed by atoms with Crippen molar-refractivity contribution in [1.82, 2.24) is 21.3 Å². The third-order valence-electron chi connectivity index (χ3n) is 2.25. The van der Waals surface area contributed by atoms with Gasteiger partial charge in [0.25, 0.3) is 0 Å². The Morgan fingerprint density at radius 2 is 1.68 bits per heavy atom. The van der Waals surface area contributed by atoms with E-state index in [-0.39, 0.29) is 53.9 Å². The number of amides is 2. The maximum Gasteiger partial charge on any atom is 0.239 e. The van der Waals surface area contributed by atoms with E-state index >= 15 is 0 Å². The second-order valence-corrected chi connectivity index (χ2v) is 6.12. The Balaban J connectivity index is 0. The smallest absolute Gasteiger partial charge is 0.239 e. The Morgan fingerprint density at radius 1 is 1.09 bits per heavy atom. The first-order valence-electron chi connectivity index (χ1n) is 7.19. The standard InChI is InChI=1S/C14H29N5O2.HI/c1-10(2)18-11(20)7-8-16-13(15-6)17-9-12(21)19-14(3,4)5;/h10H,7-9H2,1-6H3,(H,18,20)(H,19,21)(H2,15,16,17);1H. The number of nitrogens with one attached hydrogen (secondary N) is 4. The number of aliphatic imine (C=N–C) groups is 1. The topological polar surface area (TPSA) is 94.6 Å². The summed E-state index contributed by atoms with van der Waals surface area (Å²) in [5.74, 6) is 0.373. The molecule has 0 rings (SSSR count). The molecule has 0 fully saturated rings. The van der Waals surface area contributed by atoms with E-state index in [0.717, 1.165) is 0 Å². The van der Waals surface area contributed by atoms with E-state index in [0.29, 0.717) is 18.9 Å². The first-order chi connectivity index (χ1) is 9.64. The predicted molar refractivity (Wildman–Crippen MR) is 101 cm³/mol. The zero-order chi connectivity index (χ0) is 16.5. The highest BCUT2D eigenvalue weighted by Gasteiger charge is 2.13. The molecule has 0 aromatic rings. The van der Waals surface area contributed by atoms with Gasteiger partial charge >= 0.3 is 0 Å². The van der Waals surface area contributed by atoms with Crippen molar-refractivity contribution in [3.63, 3.8) is 0 Å². The number of hydrogen-bond acceptors (Lipinski definition) is 3. The van der Waals surface area contributed by atoms with Crippen LogP contribution in [-0.4, -0.2) is 49.5 Å². The monoisotopic (exact) mass is 427 g/mol. The maximum atomic E-state index is 11.7. The van der Waals surface area contributed by atoms with Crippen LogP contribution in [0, 0.1) is 0 Å². The van der Waals surface area contributed by atoms with Gasteiger partial charge in [0, 0.05) is 31.6 Å². The van der Waals surface area contributed by atoms with E-state index < -0.39 is 0 Å². The summed E-state index contributed by atoms with van der Waals surface area (Å²) in [6.07, 6.45) is 0.354. The molecule has 2 amide bonds. The number of guanidine groups is 1. The van der Waals surface area contributed by atoms with E-state index in [4.69, 9.17) is 0 Å². The largest absolute Gasteiger partial charge is 0.356 e. The quantitative estimate of drug-likeness (QED) is 0.284. The number of carbonyl (C=O) groups is 2. The second-order valence-electron chi connectivity index (χ2n) is 6.12. The van der Waals surface area contributed by atoms with Gasteiger partial charge in [-0.3, -0.25) is 14.6 Å². The van der Waals surface area contributed by atoms with Crippen LogP contribution in [-0.2, 0) is 9.59 Å². The Labute approximate surface area is 150 Å². The fourth-order valence-electron chi connectivity index (χ4n) is 1.54. The molecule has 0 radical (unpaired) electrons. The Hall–Kier alpha value is -1.06. The van der Waals surface area contributed by atoms with Crippen molar-refractivity contribution in [3.8, 4) is 0 Å². The minimum absolute atomic E-state index is 0. The Bertz CT molecular complexity index is 378. The average Bonchev–Trinajstić information content (AvgIpc) is 2.30. The summed E-state index contributed by atoms with van der Waals surface area (Å²) in [5.41, 5.74) is -0.259. The highest BCUT2D eigenvalue weighted by molar-refractivity contribution is 14.0. The highest BCUT2D eigenvalue weighted by atomic mass is 127. The fourth-order valence-corrected chi connectivity index (χ4v) is 1.54. The van der Waals surface area contributed by atoms with Crippen molar-refractivity contribution in [2.24, 2.45) is 4.99 Å². The third-order valence-corrected chi connectivity index (χ3v) is 2.25. The van der Waals surface area contributed by atoms with Crippen LogP contribution in [0.3, 0.4) is 0 Å². The molecule has 0 bridgehead atoms. The average molecular weight is 427 g/mol. The van der Waals surface area contributed by atoms with Gasteiger partial charge in [-0.2, -0.15) is 0 Å². The van der Waals surface area contributed by atoms with Crippen molar-refractivity contribution in [2.45, 2.75) is 52.6 Å². The highest BCUT2D eigenvalue weighted by Crippen LogP contribution is 1.97. The molecule has 0 saturated carbocycles. The van der Waals surface area contributed by atoms with Crippen LogP contribution >= 0.6 is 24.0 Å². The van der Waals surface area contributed by atoms with Crippen LogP contribution in [0.25, 0.3) is 0 Å². The number of rotatable bonds is 6. The molecule has 0 saturated heterocycles. The molecule has 8 heteroatoms. The molecule has 22 heavy (non-hydrogen) atoms. The van der Waals surface area contributed by atoms with Crippen LogP contribution in [0.4, 0.5) is 0 Å². The van der Waals surface area contributed by atoms with Crippen LogP contribution in [0.2, 0.25) is 0 Å². The molecule has 0 aromatic heterocycles. The molecule has 0 aromatic carbocycles. The number of nitrogens with zero attached hydrogens (tertiary/aromatic N) is 1. The van der Waals surface area contributed by atoms with Crippen LogP contribution < -0.4 is 21.3 Å². The zero-order valence-electron chi connectivity index (χ0n) is 14.4. The zero-order valence-corrected chi connectivity index (χ0v) is 16.7. The van der Waals surface area contributed by atoms with Gasteiger partial charge in [-0.15, -0.1) is 24.0 Å². The lowest BCUT2D eigenvalue weighted by atomic mass is 10.1. The van der Waals surface area contributed by atoms with Crippen LogP contribution in [0.15, 0.2) is 4.99 Å². The summed E-state index contributed by atoms with van der Waals surface area (Å²) in [6.45, 7) is 10.2. The first kappa shape index (κ1) is 23.2. The summed E-state index contributed by atoms with van der Waals surface area (Å²) >= 11 is 0. The lowest BCUT2D eigenvalue weighted by molar-refractivity contribution is -0.122. The van der Waals surface area contributed by atoms with E-state index in [1.807, 2.05) is 34.6 Å². The van der Waals surface area contributed by atoms with Gasteiger partial charge < -0.3 is 21.3 Å². The van der Waals surface area contributed by atoms with Gasteiger partial charge in [0.15, 0.2) is 5.96 Å². The molecule has 0 unspecified atom stereocenters. The molecule has 0 aliphatic heterocycles. The SMILES string of the molecule is CN=C(NCCC(=O)NC(C)C)NCC(=O)NC(C)(C)C.I. The number of carbonyl (C=O) groups excluding carboxylic acids is 2. The lowest BCUT2D eigenvalue weighted by Gasteiger charge is -2.21. The molecule has 0 aliphatic carbocycles. The maximum absolute atomic E-state index is 11.7. The van der Waals surface area contributed by atoms with Gasteiger partial charge in [0.1, 0.15) is 0 Å². The van der Waals surface area contributed by atoms with Crippen molar-refractivity contribution < 1.29 is 9.59 Å². The molecule has 130 valence electrons. The third kappa shape index (κ3) is 13.9. The number of hydrogen-bond donors (Lipinski definition) is 4. The first-order valence-corrected chi connectivity index (χ1v) is 7.19. The van der Waals surface area contributed by atoms with E-state index in [1.165, 1.54) is 0 Å². The normalized spacial score (nSPS) is 11.5. The Kier molecular flexibility index (Phi) is 12.1. The Morgan fingerprint density at radius 3 is 2.14 bits per heavy atom. The molecular formula is C14H30IN5O2. The minimum Gasteiger partial charge on any atom is -0.356 e. The molecule has 0 heterocycles. The second kappa shape index (κ2) is 11.5. The van der Waals surface area contributed by atoms with Gasteiger partial charge in [0.2, 0.25) is 11.8 Å². The lowest BCUT2D eigenvalue weighted by Crippen LogP contribution is -2.48. The summed E-state index contributed by atoms with van der Waals surface area (Å²) in [4.78, 5) is 27.1.